The van der Waals surface area contributed by atoms with Gasteiger partial charge in [0.05, 0.1) is 0 Å². The van der Waals surface area contributed by atoms with Gasteiger partial charge in [-0.15, -0.1) is 10.2 Å². The molecule has 0 unspecified atom stereocenters. The van der Waals surface area contributed by atoms with Crippen LogP contribution in [0.2, 0.25) is 0 Å². The van der Waals surface area contributed by atoms with Gasteiger partial charge in [-0.1, -0.05) is 0 Å². The number of hydrogen-bond acceptors (Lipinski definition) is 3. The molecule has 0 aliphatic rings. The van der Waals surface area contributed by atoms with Gasteiger partial charge in [0.1, 0.15) is 6.33 Å². The molecule has 78 valence electrons. The Labute approximate surface area is 86.4 Å². The molecule has 2 aromatic rings. The summed E-state index contributed by atoms with van der Waals surface area (Å²) in [5.74, 6) is -0.751. The second-order valence-electron chi connectivity index (χ2n) is 3.38. The van der Waals surface area contributed by atoms with Crippen LogP contribution < -0.4 is 0 Å². The van der Waals surface area contributed by atoms with Crippen LogP contribution in [0.4, 0.5) is 0 Å². The van der Waals surface area contributed by atoms with E-state index in [2.05, 4.69) is 10.2 Å². The lowest BCUT2D eigenvalue weighted by atomic mass is 10.1. The Kier molecular flexibility index (Phi) is 2.62. The average Bonchev–Trinajstić information content (AvgIpc) is 2.64. The molecule has 0 aliphatic heterocycles. The summed E-state index contributed by atoms with van der Waals surface area (Å²) < 4.78 is 1.82. The van der Waals surface area contributed by atoms with Gasteiger partial charge < -0.3 is 5.11 Å². The molecular weight excluding hydrogens is 194 g/mol. The zero-order valence-corrected chi connectivity index (χ0v) is 8.13. The second-order valence-corrected chi connectivity index (χ2v) is 3.38. The largest absolute Gasteiger partial charge is 0.481 e. The molecule has 2 heterocycles. The summed E-state index contributed by atoms with van der Waals surface area (Å²) in [5.41, 5.74) is 1.89. The summed E-state index contributed by atoms with van der Waals surface area (Å²) >= 11 is 0. The molecular formula is C10H11N3O2. The van der Waals surface area contributed by atoms with Crippen LogP contribution in [0.25, 0.3) is 5.65 Å². The van der Waals surface area contributed by atoms with E-state index in [4.69, 9.17) is 5.11 Å². The molecule has 0 amide bonds. The highest BCUT2D eigenvalue weighted by Crippen LogP contribution is 2.07. The molecule has 5 nitrogen and oxygen atoms in total. The van der Waals surface area contributed by atoms with Gasteiger partial charge in [-0.25, -0.2) is 0 Å². The standard InChI is InChI=1S/C10H11N3O2/c14-10(15)3-1-2-8-4-5-13-7-11-12-9(13)6-8/h4-7H,1-3H2,(H,14,15). The maximum atomic E-state index is 10.3. The number of hydrogen-bond donors (Lipinski definition) is 1. The Hall–Kier alpha value is -1.91. The van der Waals surface area contributed by atoms with Crippen molar-refractivity contribution in [2.24, 2.45) is 0 Å². The summed E-state index contributed by atoms with van der Waals surface area (Å²) in [7, 11) is 0. The van der Waals surface area contributed by atoms with Crippen LogP contribution in [0.3, 0.4) is 0 Å². The van der Waals surface area contributed by atoms with Gasteiger partial charge in [-0.05, 0) is 30.5 Å². The number of rotatable bonds is 4. The molecule has 0 saturated carbocycles. The smallest absolute Gasteiger partial charge is 0.303 e. The van der Waals surface area contributed by atoms with Gasteiger partial charge in [0.25, 0.3) is 0 Å². The lowest BCUT2D eigenvalue weighted by Gasteiger charge is -1.99. The van der Waals surface area contributed by atoms with Gasteiger partial charge >= 0.3 is 5.97 Å². The van der Waals surface area contributed by atoms with E-state index in [9.17, 15) is 4.79 Å². The van der Waals surface area contributed by atoms with Gasteiger partial charge in [0.15, 0.2) is 5.65 Å². The Bertz CT molecular complexity index is 478. The summed E-state index contributed by atoms with van der Waals surface area (Å²) in [6.45, 7) is 0. The van der Waals surface area contributed by atoms with Crippen molar-refractivity contribution >= 4 is 11.6 Å². The molecule has 2 rings (SSSR count). The predicted molar refractivity (Wildman–Crippen MR) is 53.6 cm³/mol. The van der Waals surface area contributed by atoms with Gasteiger partial charge in [-0.3, -0.25) is 9.20 Å². The lowest BCUT2D eigenvalue weighted by molar-refractivity contribution is -0.137. The van der Waals surface area contributed by atoms with Crippen molar-refractivity contribution in [1.82, 2.24) is 14.6 Å². The van der Waals surface area contributed by atoms with Crippen LogP contribution in [0, 0.1) is 0 Å². The van der Waals surface area contributed by atoms with E-state index in [0.717, 1.165) is 17.6 Å². The van der Waals surface area contributed by atoms with E-state index in [0.29, 0.717) is 6.42 Å². The second kappa shape index (κ2) is 4.08. The minimum Gasteiger partial charge on any atom is -0.481 e. The first-order valence-corrected chi connectivity index (χ1v) is 4.76. The van der Waals surface area contributed by atoms with E-state index >= 15 is 0 Å². The molecule has 0 fully saturated rings. The van der Waals surface area contributed by atoms with Crippen molar-refractivity contribution in [2.45, 2.75) is 19.3 Å². The highest BCUT2D eigenvalue weighted by Gasteiger charge is 2.00. The zero-order valence-electron chi connectivity index (χ0n) is 8.13. The summed E-state index contributed by atoms with van der Waals surface area (Å²) in [6.07, 6.45) is 5.13. The molecule has 1 N–H and O–H groups in total. The highest BCUT2D eigenvalue weighted by atomic mass is 16.4. The Balaban J connectivity index is 2.04. The third kappa shape index (κ3) is 2.31. The van der Waals surface area contributed by atoms with Gasteiger partial charge in [0, 0.05) is 12.6 Å². The first kappa shape index (κ1) is 9.64. The molecule has 0 radical (unpaired) electrons. The Morgan fingerprint density at radius 2 is 2.40 bits per heavy atom. The molecule has 2 aromatic heterocycles. The van der Waals surface area contributed by atoms with Crippen LogP contribution in [-0.2, 0) is 11.2 Å². The number of pyridine rings is 1. The van der Waals surface area contributed by atoms with Crippen LogP contribution in [0.1, 0.15) is 18.4 Å². The highest BCUT2D eigenvalue weighted by molar-refractivity contribution is 5.66. The Morgan fingerprint density at radius 3 is 3.20 bits per heavy atom. The first-order chi connectivity index (χ1) is 7.25. The Morgan fingerprint density at radius 1 is 1.53 bits per heavy atom. The number of aliphatic carboxylic acids is 1. The van der Waals surface area contributed by atoms with Crippen molar-refractivity contribution < 1.29 is 9.90 Å². The maximum Gasteiger partial charge on any atom is 0.303 e. The third-order valence-electron chi connectivity index (χ3n) is 2.22. The van der Waals surface area contributed by atoms with Crippen LogP contribution >= 0.6 is 0 Å². The molecule has 0 aromatic carbocycles. The van der Waals surface area contributed by atoms with Gasteiger partial charge in [0.2, 0.25) is 0 Å². The van der Waals surface area contributed by atoms with Crippen LogP contribution in [0.5, 0.6) is 0 Å². The van der Waals surface area contributed by atoms with E-state index in [1.807, 2.05) is 22.7 Å². The SMILES string of the molecule is O=C(O)CCCc1ccn2cnnc2c1. The number of aryl methyl sites for hydroxylation is 1. The molecule has 5 heteroatoms. The fourth-order valence-corrected chi connectivity index (χ4v) is 1.46. The molecule has 15 heavy (non-hydrogen) atoms. The minimum absolute atomic E-state index is 0.206. The van der Waals surface area contributed by atoms with Gasteiger partial charge in [-0.2, -0.15) is 0 Å². The number of nitrogens with zero attached hydrogens (tertiary/aromatic N) is 3. The van der Waals surface area contributed by atoms with Crippen LogP contribution in [0.15, 0.2) is 24.7 Å². The molecule has 0 spiro atoms. The van der Waals surface area contributed by atoms with Crippen molar-refractivity contribution in [3.8, 4) is 0 Å². The number of fused-ring (bicyclic) bond motifs is 1. The molecule has 0 saturated heterocycles. The van der Waals surface area contributed by atoms with E-state index in [-0.39, 0.29) is 6.42 Å². The first-order valence-electron chi connectivity index (χ1n) is 4.76. The van der Waals surface area contributed by atoms with E-state index in [1.54, 1.807) is 6.33 Å². The molecule has 0 atom stereocenters. The molecule has 0 bridgehead atoms. The predicted octanol–water partition coefficient (Wildman–Crippen LogP) is 1.14. The van der Waals surface area contributed by atoms with E-state index < -0.39 is 5.97 Å². The van der Waals surface area contributed by atoms with Crippen molar-refractivity contribution in [2.75, 3.05) is 0 Å². The number of carbonyl (C=O) groups is 1. The fraction of sp³-hybridized carbons (Fsp3) is 0.300. The molecule has 0 aliphatic carbocycles. The minimum atomic E-state index is -0.751. The lowest BCUT2D eigenvalue weighted by Crippen LogP contribution is -1.96. The monoisotopic (exact) mass is 205 g/mol. The average molecular weight is 205 g/mol. The third-order valence-corrected chi connectivity index (χ3v) is 2.22. The van der Waals surface area contributed by atoms with E-state index in [1.165, 1.54) is 0 Å². The number of aromatic nitrogens is 3. The summed E-state index contributed by atoms with van der Waals surface area (Å²) in [4.78, 5) is 10.3. The number of carboxylic acid groups (broad SMARTS) is 1. The van der Waals surface area contributed by atoms with Crippen molar-refractivity contribution in [1.29, 1.82) is 0 Å². The topological polar surface area (TPSA) is 67.5 Å². The zero-order chi connectivity index (χ0) is 10.7. The van der Waals surface area contributed by atoms with Crippen molar-refractivity contribution in [3.63, 3.8) is 0 Å². The summed E-state index contributed by atoms with van der Waals surface area (Å²) in [6, 6.07) is 3.88. The quantitative estimate of drug-likeness (QED) is 0.812. The normalized spacial score (nSPS) is 10.7. The van der Waals surface area contributed by atoms with Crippen LogP contribution in [-0.4, -0.2) is 25.7 Å². The number of carboxylic acids is 1. The summed E-state index contributed by atoms with van der Waals surface area (Å²) in [5, 5.41) is 16.2. The fourth-order valence-electron chi connectivity index (χ4n) is 1.46. The van der Waals surface area contributed by atoms with Crippen molar-refractivity contribution in [3.05, 3.63) is 30.2 Å². The maximum absolute atomic E-state index is 10.3.